The lowest BCUT2D eigenvalue weighted by atomic mass is 10.1. The lowest BCUT2D eigenvalue weighted by Crippen LogP contribution is -2.40. The van der Waals surface area contributed by atoms with Crippen LogP contribution in [0, 0.1) is 12.8 Å². The van der Waals surface area contributed by atoms with Crippen LogP contribution in [-0.4, -0.2) is 42.4 Å². The number of nitrogens with zero attached hydrogens (tertiary/aromatic N) is 1. The number of carbonyl (C=O) groups is 2. The number of hydrogen-bond donors (Lipinski definition) is 2. The van der Waals surface area contributed by atoms with Crippen LogP contribution >= 0.6 is 0 Å². The van der Waals surface area contributed by atoms with Crippen molar-refractivity contribution >= 4 is 17.5 Å². The van der Waals surface area contributed by atoms with E-state index in [1.165, 1.54) is 6.42 Å². The molecule has 1 aromatic carbocycles. The summed E-state index contributed by atoms with van der Waals surface area (Å²) in [5.74, 6) is -0.333. The summed E-state index contributed by atoms with van der Waals surface area (Å²) in [5, 5.41) is 5.90. The van der Waals surface area contributed by atoms with Gasteiger partial charge in [0.2, 0.25) is 5.91 Å². The van der Waals surface area contributed by atoms with Crippen LogP contribution < -0.4 is 10.6 Å². The Morgan fingerprint density at radius 3 is 2.75 bits per heavy atom. The highest BCUT2D eigenvalue weighted by molar-refractivity contribution is 6.04. The van der Waals surface area contributed by atoms with Crippen molar-refractivity contribution in [1.82, 2.24) is 10.2 Å². The fourth-order valence-electron chi connectivity index (χ4n) is 3.08. The van der Waals surface area contributed by atoms with Crippen LogP contribution in [0.1, 0.15) is 49.5 Å². The van der Waals surface area contributed by atoms with E-state index in [0.29, 0.717) is 23.8 Å². The number of hydrogen-bond acceptors (Lipinski definition) is 3. The number of likely N-dealkylation sites (N-methyl/N-ethyl adjacent to an activating group) is 1. The molecule has 0 spiro atoms. The largest absolute Gasteiger partial charge is 0.350 e. The van der Waals surface area contributed by atoms with Gasteiger partial charge in [-0.3, -0.25) is 14.5 Å². The van der Waals surface area contributed by atoms with Crippen molar-refractivity contribution in [2.24, 2.45) is 5.92 Å². The fraction of sp³-hybridized carbons (Fsp3) is 0.579. The van der Waals surface area contributed by atoms with E-state index in [-0.39, 0.29) is 17.7 Å². The van der Waals surface area contributed by atoms with E-state index < -0.39 is 0 Å². The van der Waals surface area contributed by atoms with E-state index in [9.17, 15) is 9.59 Å². The van der Waals surface area contributed by atoms with Gasteiger partial charge in [0, 0.05) is 18.5 Å². The average Bonchev–Trinajstić information content (AvgIpc) is 3.01. The Labute approximate surface area is 144 Å². The molecule has 0 radical (unpaired) electrons. The van der Waals surface area contributed by atoms with Gasteiger partial charge in [-0.25, -0.2) is 0 Å². The van der Waals surface area contributed by atoms with Crippen LogP contribution in [0.2, 0.25) is 0 Å². The monoisotopic (exact) mass is 331 g/mol. The number of amides is 2. The summed E-state index contributed by atoms with van der Waals surface area (Å²) in [4.78, 5) is 27.0. The molecule has 0 saturated carbocycles. The molecule has 24 heavy (non-hydrogen) atoms. The van der Waals surface area contributed by atoms with Crippen molar-refractivity contribution in [2.75, 3.05) is 25.0 Å². The van der Waals surface area contributed by atoms with Crippen molar-refractivity contribution in [3.05, 3.63) is 29.3 Å². The molecule has 5 nitrogen and oxygen atoms in total. The molecule has 1 aromatic rings. The summed E-state index contributed by atoms with van der Waals surface area (Å²) in [5.41, 5.74) is 2.11. The van der Waals surface area contributed by atoms with Crippen molar-refractivity contribution in [3.8, 4) is 0 Å². The first-order valence-corrected chi connectivity index (χ1v) is 8.86. The van der Waals surface area contributed by atoms with E-state index >= 15 is 0 Å². The van der Waals surface area contributed by atoms with Gasteiger partial charge >= 0.3 is 0 Å². The summed E-state index contributed by atoms with van der Waals surface area (Å²) >= 11 is 0. The number of anilines is 1. The fourth-order valence-corrected chi connectivity index (χ4v) is 3.08. The topological polar surface area (TPSA) is 61.4 Å². The van der Waals surface area contributed by atoms with Crippen LogP contribution in [-0.2, 0) is 4.79 Å². The molecule has 0 aliphatic carbocycles. The predicted molar refractivity (Wildman–Crippen MR) is 97.2 cm³/mol. The minimum absolute atomic E-state index is 0.0825. The summed E-state index contributed by atoms with van der Waals surface area (Å²) in [6, 6.07) is 5.95. The maximum Gasteiger partial charge on any atom is 0.253 e. The van der Waals surface area contributed by atoms with Gasteiger partial charge in [0.15, 0.2) is 0 Å². The van der Waals surface area contributed by atoms with Gasteiger partial charge in [0.1, 0.15) is 0 Å². The maximum atomic E-state index is 12.6. The number of nitrogens with one attached hydrogen (secondary N) is 2. The predicted octanol–water partition coefficient (Wildman–Crippen LogP) is 2.80. The normalized spacial score (nSPS) is 18.0. The Hall–Kier alpha value is -1.88. The molecule has 2 amide bonds. The Morgan fingerprint density at radius 1 is 1.33 bits per heavy atom. The number of likely N-dealkylation sites (tertiary alicyclic amines) is 1. The molecule has 1 atom stereocenters. The van der Waals surface area contributed by atoms with E-state index in [1.54, 1.807) is 6.07 Å². The Bertz CT molecular complexity index is 598. The molecule has 1 aliphatic rings. The first-order chi connectivity index (χ1) is 11.4. The highest BCUT2D eigenvalue weighted by Crippen LogP contribution is 2.19. The highest BCUT2D eigenvalue weighted by atomic mass is 16.2. The summed E-state index contributed by atoms with van der Waals surface area (Å²) in [6.07, 6.45) is 2.31. The molecule has 2 N–H and O–H groups in total. The van der Waals surface area contributed by atoms with Gasteiger partial charge in [-0.1, -0.05) is 32.4 Å². The van der Waals surface area contributed by atoms with Crippen molar-refractivity contribution in [1.29, 1.82) is 0 Å². The Kier molecular flexibility index (Phi) is 6.37. The zero-order chi connectivity index (χ0) is 17.7. The van der Waals surface area contributed by atoms with Gasteiger partial charge < -0.3 is 10.6 Å². The maximum absolute atomic E-state index is 12.6. The molecule has 0 bridgehead atoms. The number of aryl methyl sites for hydroxylation is 1. The van der Waals surface area contributed by atoms with E-state index in [1.807, 2.05) is 32.9 Å². The van der Waals surface area contributed by atoms with Crippen LogP contribution in [0.4, 0.5) is 5.69 Å². The second kappa shape index (κ2) is 8.29. The smallest absolute Gasteiger partial charge is 0.253 e. The first-order valence-electron chi connectivity index (χ1n) is 8.86. The molecular formula is C19H29N3O2. The van der Waals surface area contributed by atoms with Gasteiger partial charge in [-0.15, -0.1) is 0 Å². The van der Waals surface area contributed by atoms with E-state index in [0.717, 1.165) is 25.1 Å². The molecule has 1 aliphatic heterocycles. The van der Waals surface area contributed by atoms with E-state index in [2.05, 4.69) is 22.5 Å². The Balaban J connectivity index is 2.07. The number of carbonyl (C=O) groups excluding carboxylic acids is 2. The summed E-state index contributed by atoms with van der Waals surface area (Å²) in [7, 11) is 0. The average molecular weight is 331 g/mol. The molecule has 5 heteroatoms. The van der Waals surface area contributed by atoms with Gasteiger partial charge in [-0.2, -0.15) is 0 Å². The second-order valence-corrected chi connectivity index (χ2v) is 6.83. The zero-order valence-electron chi connectivity index (χ0n) is 15.2. The third-order valence-electron chi connectivity index (χ3n) is 4.61. The quantitative estimate of drug-likeness (QED) is 0.842. The van der Waals surface area contributed by atoms with Gasteiger partial charge in [0.05, 0.1) is 11.3 Å². The van der Waals surface area contributed by atoms with Crippen LogP contribution in [0.5, 0.6) is 0 Å². The van der Waals surface area contributed by atoms with Crippen molar-refractivity contribution < 1.29 is 9.59 Å². The van der Waals surface area contributed by atoms with Crippen LogP contribution in [0.3, 0.4) is 0 Å². The summed E-state index contributed by atoms with van der Waals surface area (Å²) in [6.45, 7) is 10.5. The molecule has 1 saturated heterocycles. The molecule has 1 heterocycles. The van der Waals surface area contributed by atoms with Gasteiger partial charge in [-0.05, 0) is 45.0 Å². The molecule has 0 unspecified atom stereocenters. The van der Waals surface area contributed by atoms with Crippen molar-refractivity contribution in [2.45, 2.75) is 46.6 Å². The SMILES string of the molecule is CCN1CCC[C@H]1CNC(=O)c1cc(C)ccc1NC(=O)C(C)C. The van der Waals surface area contributed by atoms with Crippen LogP contribution in [0.25, 0.3) is 0 Å². The van der Waals surface area contributed by atoms with Crippen LogP contribution in [0.15, 0.2) is 18.2 Å². The standard InChI is InChI=1S/C19H29N3O2/c1-5-22-10-6-7-15(22)12-20-19(24)16-11-14(4)8-9-17(16)21-18(23)13(2)3/h8-9,11,13,15H,5-7,10,12H2,1-4H3,(H,20,24)(H,21,23)/t15-/m0/s1. The molecule has 1 fully saturated rings. The Morgan fingerprint density at radius 2 is 2.08 bits per heavy atom. The minimum atomic E-state index is -0.126. The lowest BCUT2D eigenvalue weighted by molar-refractivity contribution is -0.118. The minimum Gasteiger partial charge on any atom is -0.350 e. The third kappa shape index (κ3) is 4.57. The van der Waals surface area contributed by atoms with Crippen molar-refractivity contribution in [3.63, 3.8) is 0 Å². The second-order valence-electron chi connectivity index (χ2n) is 6.83. The lowest BCUT2D eigenvalue weighted by Gasteiger charge is -2.23. The molecular weight excluding hydrogens is 302 g/mol. The zero-order valence-corrected chi connectivity index (χ0v) is 15.2. The van der Waals surface area contributed by atoms with E-state index in [4.69, 9.17) is 0 Å². The summed E-state index contributed by atoms with van der Waals surface area (Å²) < 4.78 is 0. The number of rotatable bonds is 6. The molecule has 2 rings (SSSR count). The van der Waals surface area contributed by atoms with Gasteiger partial charge in [0.25, 0.3) is 5.91 Å². The third-order valence-corrected chi connectivity index (χ3v) is 4.61. The first kappa shape index (κ1) is 18.5. The molecule has 132 valence electrons. The highest BCUT2D eigenvalue weighted by Gasteiger charge is 2.24. The number of benzene rings is 1. The molecule has 0 aromatic heterocycles.